The number of hydrogen-bond donors (Lipinski definition) is 2. The molecule has 2 N–H and O–H groups in total. The Balaban J connectivity index is 1.52. The highest BCUT2D eigenvalue weighted by atomic mass is 16.5. The monoisotopic (exact) mass is 478 g/mol. The summed E-state index contributed by atoms with van der Waals surface area (Å²) < 4.78 is 10.4. The zero-order valence-electron chi connectivity index (χ0n) is 20.2. The van der Waals surface area contributed by atoms with E-state index < -0.39 is 12.0 Å². The van der Waals surface area contributed by atoms with Crippen molar-refractivity contribution in [3.05, 3.63) is 70.9 Å². The quantitative estimate of drug-likeness (QED) is 0.466. The molecule has 2 amide bonds. The van der Waals surface area contributed by atoms with E-state index in [-0.39, 0.29) is 11.8 Å². The van der Waals surface area contributed by atoms with Crippen LogP contribution in [0.4, 0.5) is 10.5 Å². The topological polar surface area (TPSA) is 100 Å². The summed E-state index contributed by atoms with van der Waals surface area (Å²) in [5, 5.41) is 5.67. The van der Waals surface area contributed by atoms with E-state index in [1.54, 1.807) is 20.1 Å². The minimum atomic E-state index is -0.651. The van der Waals surface area contributed by atoms with Gasteiger partial charge in [0.05, 0.1) is 25.8 Å². The maximum absolute atomic E-state index is 12.8. The van der Waals surface area contributed by atoms with Crippen LogP contribution in [0, 0.1) is 0 Å². The van der Waals surface area contributed by atoms with E-state index in [1.807, 2.05) is 42.5 Å². The van der Waals surface area contributed by atoms with Crippen molar-refractivity contribution in [3.8, 4) is 5.75 Å². The van der Waals surface area contributed by atoms with E-state index in [2.05, 4.69) is 20.4 Å². The number of nitrogens with one attached hydrogen (secondary N) is 2. The third-order valence-electron chi connectivity index (χ3n) is 6.38. The summed E-state index contributed by atoms with van der Waals surface area (Å²) >= 11 is 0. The van der Waals surface area contributed by atoms with Gasteiger partial charge in [-0.15, -0.1) is 0 Å². The van der Waals surface area contributed by atoms with Gasteiger partial charge < -0.3 is 25.0 Å². The second-order valence-corrected chi connectivity index (χ2v) is 8.56. The largest absolute Gasteiger partial charge is 0.497 e. The lowest BCUT2D eigenvalue weighted by molar-refractivity contribution is -0.136. The molecular weight excluding hydrogens is 448 g/mol. The molecule has 184 valence electrons. The molecule has 0 saturated carbocycles. The van der Waals surface area contributed by atoms with Gasteiger partial charge in [-0.1, -0.05) is 12.1 Å². The summed E-state index contributed by atoms with van der Waals surface area (Å²) in [6.07, 6.45) is 0. The van der Waals surface area contributed by atoms with Crippen LogP contribution in [-0.4, -0.2) is 69.6 Å². The highest BCUT2D eigenvalue weighted by molar-refractivity contribution is 5.95. The Morgan fingerprint density at radius 3 is 2.37 bits per heavy atom. The third kappa shape index (κ3) is 5.46. The Morgan fingerprint density at radius 1 is 1.03 bits per heavy atom. The van der Waals surface area contributed by atoms with Crippen LogP contribution < -0.4 is 20.3 Å². The average molecular weight is 479 g/mol. The number of amides is 2. The van der Waals surface area contributed by atoms with Crippen LogP contribution in [0.1, 0.15) is 28.9 Å². The predicted octanol–water partition coefficient (Wildman–Crippen LogP) is 2.50. The molecule has 0 aromatic heterocycles. The summed E-state index contributed by atoms with van der Waals surface area (Å²) in [5.74, 6) is 0.186. The number of hydrogen-bond acceptors (Lipinski definition) is 7. The second kappa shape index (κ2) is 10.6. The maximum atomic E-state index is 12.8. The van der Waals surface area contributed by atoms with Crippen LogP contribution in [0.2, 0.25) is 0 Å². The molecular formula is C26H30N4O5. The number of carbonyl (C=O) groups is 3. The molecule has 2 aliphatic rings. The fourth-order valence-corrected chi connectivity index (χ4v) is 4.46. The molecule has 2 aromatic carbocycles. The maximum Gasteiger partial charge on any atom is 0.338 e. The van der Waals surface area contributed by atoms with E-state index >= 15 is 0 Å². The Morgan fingerprint density at radius 2 is 1.74 bits per heavy atom. The summed E-state index contributed by atoms with van der Waals surface area (Å²) in [5.41, 5.74) is 3.41. The number of Topliss-reactive ketones (excluding diaryl/α,β-unsaturated/α-hetero) is 1. The molecule has 0 unspecified atom stereocenters. The van der Waals surface area contributed by atoms with Crippen LogP contribution in [0.25, 0.3) is 0 Å². The molecule has 1 saturated heterocycles. The van der Waals surface area contributed by atoms with Crippen molar-refractivity contribution < 1.29 is 23.9 Å². The standard InChI is InChI=1S/C26H30N4O5/c1-17(31)18-7-9-20(10-8-18)30-13-11-29(12-14-30)16-22-23(25(32)35-3)24(28-26(33)27-22)19-5-4-6-21(15-19)34-2/h4-10,15,24H,11-14,16H2,1-3H3,(H2,27,28,33)/t24-/m0/s1. The first-order chi connectivity index (χ1) is 16.9. The smallest absolute Gasteiger partial charge is 0.338 e. The van der Waals surface area contributed by atoms with Crippen LogP contribution in [0.15, 0.2) is 59.8 Å². The van der Waals surface area contributed by atoms with E-state index in [0.717, 1.165) is 37.4 Å². The van der Waals surface area contributed by atoms with Gasteiger partial charge in [-0.3, -0.25) is 9.69 Å². The van der Waals surface area contributed by atoms with Crippen molar-refractivity contribution in [2.45, 2.75) is 13.0 Å². The fraction of sp³-hybridized carbons (Fsp3) is 0.346. The van der Waals surface area contributed by atoms with Gasteiger partial charge in [-0.05, 0) is 48.9 Å². The molecule has 0 radical (unpaired) electrons. The Hall–Kier alpha value is -3.85. The Kier molecular flexibility index (Phi) is 7.36. The van der Waals surface area contributed by atoms with Crippen molar-refractivity contribution >= 4 is 23.5 Å². The van der Waals surface area contributed by atoms with Gasteiger partial charge in [0.15, 0.2) is 5.78 Å². The number of urea groups is 1. The molecule has 0 aliphatic carbocycles. The molecule has 0 bridgehead atoms. The number of benzene rings is 2. The molecule has 2 heterocycles. The van der Waals surface area contributed by atoms with Crippen molar-refractivity contribution in [3.63, 3.8) is 0 Å². The van der Waals surface area contributed by atoms with Gasteiger partial charge in [-0.2, -0.15) is 0 Å². The number of nitrogens with zero attached hydrogens (tertiary/aromatic N) is 2. The number of anilines is 1. The lowest BCUT2D eigenvalue weighted by atomic mass is 9.94. The van der Waals surface area contributed by atoms with Crippen molar-refractivity contribution in [2.24, 2.45) is 0 Å². The first-order valence-electron chi connectivity index (χ1n) is 11.5. The van der Waals surface area contributed by atoms with E-state index in [0.29, 0.717) is 29.1 Å². The number of piperazine rings is 1. The molecule has 2 aliphatic heterocycles. The number of rotatable bonds is 7. The van der Waals surface area contributed by atoms with Crippen molar-refractivity contribution in [1.82, 2.24) is 15.5 Å². The zero-order chi connectivity index (χ0) is 24.9. The molecule has 9 nitrogen and oxygen atoms in total. The summed E-state index contributed by atoms with van der Waals surface area (Å²) in [6, 6.07) is 13.9. The number of ether oxygens (including phenoxy) is 2. The first kappa shape index (κ1) is 24.3. The number of carbonyl (C=O) groups excluding carboxylic acids is 3. The number of ketones is 1. The highest BCUT2D eigenvalue weighted by Crippen LogP contribution is 2.30. The minimum absolute atomic E-state index is 0.0484. The highest BCUT2D eigenvalue weighted by Gasteiger charge is 2.34. The third-order valence-corrected chi connectivity index (χ3v) is 6.38. The molecule has 1 atom stereocenters. The Bertz CT molecular complexity index is 1140. The molecule has 35 heavy (non-hydrogen) atoms. The number of methoxy groups -OCH3 is 2. The lowest BCUT2D eigenvalue weighted by Crippen LogP contribution is -2.51. The first-order valence-corrected chi connectivity index (χ1v) is 11.5. The van der Waals surface area contributed by atoms with Crippen LogP contribution in [0.3, 0.4) is 0 Å². The zero-order valence-corrected chi connectivity index (χ0v) is 20.2. The van der Waals surface area contributed by atoms with Gasteiger partial charge in [0.1, 0.15) is 5.75 Å². The molecule has 9 heteroatoms. The Labute approximate surface area is 204 Å². The van der Waals surface area contributed by atoms with Gasteiger partial charge in [0.2, 0.25) is 0 Å². The SMILES string of the molecule is COC(=O)C1=C(CN2CCN(c3ccc(C(C)=O)cc3)CC2)NC(=O)N[C@H]1c1cccc(OC)c1. The molecule has 2 aromatic rings. The number of esters is 1. The van der Waals surface area contributed by atoms with Gasteiger partial charge >= 0.3 is 12.0 Å². The normalized spacial score (nSPS) is 18.5. The fourth-order valence-electron chi connectivity index (χ4n) is 4.46. The van der Waals surface area contributed by atoms with Crippen molar-refractivity contribution in [1.29, 1.82) is 0 Å². The minimum Gasteiger partial charge on any atom is -0.497 e. The summed E-state index contributed by atoms with van der Waals surface area (Å²) in [7, 11) is 2.90. The van der Waals surface area contributed by atoms with Crippen LogP contribution in [0.5, 0.6) is 5.75 Å². The molecule has 1 fully saturated rings. The average Bonchev–Trinajstić information content (AvgIpc) is 2.88. The van der Waals surface area contributed by atoms with Crippen LogP contribution in [-0.2, 0) is 9.53 Å². The van der Waals surface area contributed by atoms with Crippen LogP contribution >= 0.6 is 0 Å². The van der Waals surface area contributed by atoms with Gasteiger partial charge in [0, 0.05) is 49.7 Å². The van der Waals surface area contributed by atoms with Gasteiger partial charge in [-0.25, -0.2) is 9.59 Å². The predicted molar refractivity (Wildman–Crippen MR) is 132 cm³/mol. The van der Waals surface area contributed by atoms with Gasteiger partial charge in [0.25, 0.3) is 0 Å². The summed E-state index contributed by atoms with van der Waals surface area (Å²) in [4.78, 5) is 41.3. The molecule has 4 rings (SSSR count). The van der Waals surface area contributed by atoms with E-state index in [4.69, 9.17) is 9.47 Å². The molecule has 0 spiro atoms. The summed E-state index contributed by atoms with van der Waals surface area (Å²) in [6.45, 7) is 5.04. The van der Waals surface area contributed by atoms with E-state index in [9.17, 15) is 14.4 Å². The van der Waals surface area contributed by atoms with Crippen molar-refractivity contribution in [2.75, 3.05) is 51.8 Å². The van der Waals surface area contributed by atoms with E-state index in [1.165, 1.54) is 7.11 Å². The second-order valence-electron chi connectivity index (χ2n) is 8.56. The lowest BCUT2D eigenvalue weighted by Gasteiger charge is -2.38.